The molecule has 5 aromatic rings. The number of halogens is 1. The molecule has 0 saturated carbocycles. The third kappa shape index (κ3) is 6.14. The van der Waals surface area contributed by atoms with E-state index in [0.717, 1.165) is 16.8 Å². The molecule has 4 aromatic carbocycles. The number of carbonyl (C=O) groups excluding carboxylic acids is 1. The number of rotatable bonds is 8. The molecule has 0 saturated heterocycles. The Balaban J connectivity index is 1.44. The van der Waals surface area contributed by atoms with E-state index in [-0.39, 0.29) is 18.0 Å². The Morgan fingerprint density at radius 3 is 2.38 bits per heavy atom. The van der Waals surface area contributed by atoms with Crippen LogP contribution < -0.4 is 10.1 Å². The molecular weight excluding hydrogens is 503 g/mol. The highest BCUT2D eigenvalue weighted by molar-refractivity contribution is 6.10. The van der Waals surface area contributed by atoms with Crippen LogP contribution in [0.5, 0.6) is 5.75 Å². The maximum Gasteiger partial charge on any atom is 0.266 e. The summed E-state index contributed by atoms with van der Waals surface area (Å²) in [5, 5.41) is 17.4. The lowest BCUT2D eigenvalue weighted by atomic mass is 10.1. The normalized spacial score (nSPS) is 11.1. The molecule has 5 rings (SSSR count). The number of amides is 1. The molecule has 0 unspecified atom stereocenters. The fourth-order valence-electron chi connectivity index (χ4n) is 4.06. The number of hydrogen-bond acceptors (Lipinski definition) is 4. The molecular formula is C33H25FN4O2. The second-order valence-corrected chi connectivity index (χ2v) is 9.11. The van der Waals surface area contributed by atoms with Crippen molar-refractivity contribution < 1.29 is 13.9 Å². The van der Waals surface area contributed by atoms with Crippen LogP contribution in [-0.2, 0) is 11.4 Å². The van der Waals surface area contributed by atoms with Crippen molar-refractivity contribution in [3.8, 4) is 28.8 Å². The number of hydrogen-bond donors (Lipinski definition) is 1. The third-order valence-electron chi connectivity index (χ3n) is 6.22. The summed E-state index contributed by atoms with van der Waals surface area (Å²) >= 11 is 0. The van der Waals surface area contributed by atoms with Crippen LogP contribution in [0, 0.1) is 24.1 Å². The van der Waals surface area contributed by atoms with Crippen molar-refractivity contribution in [3.05, 3.63) is 137 Å². The average molecular weight is 529 g/mol. The Morgan fingerprint density at radius 2 is 1.68 bits per heavy atom. The second kappa shape index (κ2) is 11.9. The summed E-state index contributed by atoms with van der Waals surface area (Å²) in [7, 11) is 0. The number of benzene rings is 4. The standard InChI is InChI=1S/C33H25FN4O2/c1-23-11-15-28(16-12-23)36-33(39)26(20-35)19-27-21-38(29-8-3-2-4-9-29)37-32(27)24-13-17-30(18-14-24)40-22-25-7-5-6-10-31(25)34/h2-19,21H,22H2,1H3,(H,36,39). The molecule has 0 radical (unpaired) electrons. The average Bonchev–Trinajstić information content (AvgIpc) is 3.41. The van der Waals surface area contributed by atoms with Crippen molar-refractivity contribution >= 4 is 17.7 Å². The van der Waals surface area contributed by atoms with Gasteiger partial charge >= 0.3 is 0 Å². The first-order valence-corrected chi connectivity index (χ1v) is 12.6. The molecule has 1 amide bonds. The quantitative estimate of drug-likeness (QED) is 0.172. The molecule has 40 heavy (non-hydrogen) atoms. The molecule has 6 nitrogen and oxygen atoms in total. The van der Waals surface area contributed by atoms with E-state index in [2.05, 4.69) is 5.32 Å². The van der Waals surface area contributed by atoms with Gasteiger partial charge in [0, 0.05) is 28.6 Å². The summed E-state index contributed by atoms with van der Waals surface area (Å²) in [6.45, 7) is 2.06. The highest BCUT2D eigenvalue weighted by Gasteiger charge is 2.16. The smallest absolute Gasteiger partial charge is 0.266 e. The van der Waals surface area contributed by atoms with E-state index in [4.69, 9.17) is 9.84 Å². The molecule has 0 atom stereocenters. The van der Waals surface area contributed by atoms with Crippen LogP contribution in [0.25, 0.3) is 23.0 Å². The lowest BCUT2D eigenvalue weighted by Gasteiger charge is -2.08. The Kier molecular flexibility index (Phi) is 7.79. The first kappa shape index (κ1) is 26.1. The lowest BCUT2D eigenvalue weighted by Crippen LogP contribution is -2.13. The Labute approximate surface area is 231 Å². The maximum absolute atomic E-state index is 13.9. The molecule has 0 aliphatic heterocycles. The topological polar surface area (TPSA) is 79.9 Å². The predicted molar refractivity (Wildman–Crippen MR) is 153 cm³/mol. The van der Waals surface area contributed by atoms with Gasteiger partial charge in [0.05, 0.1) is 11.4 Å². The van der Waals surface area contributed by atoms with Gasteiger partial charge in [-0.1, -0.05) is 54.1 Å². The monoisotopic (exact) mass is 528 g/mol. The van der Waals surface area contributed by atoms with Gasteiger partial charge in [0.2, 0.25) is 0 Å². The second-order valence-electron chi connectivity index (χ2n) is 9.11. The zero-order valence-electron chi connectivity index (χ0n) is 21.7. The number of para-hydroxylation sites is 1. The van der Waals surface area contributed by atoms with E-state index in [9.17, 15) is 14.4 Å². The number of nitrogens with zero attached hydrogens (tertiary/aromatic N) is 3. The Bertz CT molecular complexity index is 1700. The lowest BCUT2D eigenvalue weighted by molar-refractivity contribution is -0.112. The van der Waals surface area contributed by atoms with Crippen LogP contribution in [0.4, 0.5) is 10.1 Å². The SMILES string of the molecule is Cc1ccc(NC(=O)C(C#N)=Cc2cn(-c3ccccc3)nc2-c2ccc(OCc3ccccc3F)cc2)cc1. The highest BCUT2D eigenvalue weighted by Crippen LogP contribution is 2.28. The number of aromatic nitrogens is 2. The number of aryl methyl sites for hydroxylation is 1. The minimum absolute atomic E-state index is 0.0562. The molecule has 0 spiro atoms. The van der Waals surface area contributed by atoms with Gasteiger partial charge in [-0.25, -0.2) is 9.07 Å². The van der Waals surface area contributed by atoms with Gasteiger partial charge in [0.15, 0.2) is 0 Å². The van der Waals surface area contributed by atoms with Gasteiger partial charge in [0.25, 0.3) is 5.91 Å². The summed E-state index contributed by atoms with van der Waals surface area (Å²) in [5.41, 5.74) is 4.84. The van der Waals surface area contributed by atoms with E-state index in [1.807, 2.05) is 67.6 Å². The molecule has 0 aliphatic carbocycles. The zero-order chi connectivity index (χ0) is 27.9. The van der Waals surface area contributed by atoms with Crippen molar-refractivity contribution in [2.24, 2.45) is 0 Å². The van der Waals surface area contributed by atoms with Gasteiger partial charge in [-0.15, -0.1) is 0 Å². The Hall–Kier alpha value is -5.48. The van der Waals surface area contributed by atoms with Crippen LogP contribution in [-0.4, -0.2) is 15.7 Å². The van der Waals surface area contributed by atoms with Crippen LogP contribution in [0.15, 0.2) is 115 Å². The van der Waals surface area contributed by atoms with Crippen LogP contribution in [0.3, 0.4) is 0 Å². The zero-order valence-corrected chi connectivity index (χ0v) is 21.7. The highest BCUT2D eigenvalue weighted by atomic mass is 19.1. The van der Waals surface area contributed by atoms with Crippen molar-refractivity contribution in [2.75, 3.05) is 5.32 Å². The van der Waals surface area contributed by atoms with Gasteiger partial charge in [-0.3, -0.25) is 4.79 Å². The van der Waals surface area contributed by atoms with Crippen molar-refractivity contribution in [2.45, 2.75) is 13.5 Å². The van der Waals surface area contributed by atoms with Gasteiger partial charge in [0.1, 0.15) is 29.8 Å². The summed E-state index contributed by atoms with van der Waals surface area (Å²) in [6.07, 6.45) is 3.32. The van der Waals surface area contributed by atoms with Crippen molar-refractivity contribution in [1.82, 2.24) is 9.78 Å². The Morgan fingerprint density at radius 1 is 0.975 bits per heavy atom. The molecule has 1 N–H and O–H groups in total. The summed E-state index contributed by atoms with van der Waals surface area (Å²) < 4.78 is 21.4. The predicted octanol–water partition coefficient (Wildman–Crippen LogP) is 7.11. The summed E-state index contributed by atoms with van der Waals surface area (Å²) in [6, 6.07) is 32.6. The van der Waals surface area contributed by atoms with Crippen LogP contribution >= 0.6 is 0 Å². The van der Waals surface area contributed by atoms with E-state index in [0.29, 0.717) is 28.3 Å². The number of nitrogens with one attached hydrogen (secondary N) is 1. The van der Waals surface area contributed by atoms with E-state index in [1.54, 1.807) is 53.3 Å². The molecule has 1 heterocycles. The summed E-state index contributed by atoms with van der Waals surface area (Å²) in [5.74, 6) is -0.259. The molecule has 1 aromatic heterocycles. The first-order valence-electron chi connectivity index (χ1n) is 12.6. The number of ether oxygens (including phenoxy) is 1. The molecule has 0 aliphatic rings. The minimum atomic E-state index is -0.512. The molecule has 7 heteroatoms. The number of carbonyl (C=O) groups is 1. The molecule has 0 bridgehead atoms. The largest absolute Gasteiger partial charge is 0.489 e. The third-order valence-corrected chi connectivity index (χ3v) is 6.22. The first-order chi connectivity index (χ1) is 19.5. The van der Waals surface area contributed by atoms with E-state index >= 15 is 0 Å². The van der Waals surface area contributed by atoms with Crippen molar-refractivity contribution in [1.29, 1.82) is 5.26 Å². The fourth-order valence-corrected chi connectivity index (χ4v) is 4.06. The maximum atomic E-state index is 13.9. The van der Waals surface area contributed by atoms with Gasteiger partial charge in [-0.05, 0) is 67.6 Å². The van der Waals surface area contributed by atoms with E-state index in [1.165, 1.54) is 12.1 Å². The van der Waals surface area contributed by atoms with Crippen LogP contribution in [0.1, 0.15) is 16.7 Å². The van der Waals surface area contributed by atoms with Crippen molar-refractivity contribution in [3.63, 3.8) is 0 Å². The van der Waals surface area contributed by atoms with Crippen LogP contribution in [0.2, 0.25) is 0 Å². The van der Waals surface area contributed by atoms with Gasteiger partial charge < -0.3 is 10.1 Å². The molecule has 196 valence electrons. The van der Waals surface area contributed by atoms with E-state index < -0.39 is 5.91 Å². The number of nitriles is 1. The minimum Gasteiger partial charge on any atom is -0.489 e. The summed E-state index contributed by atoms with van der Waals surface area (Å²) in [4.78, 5) is 12.9. The van der Waals surface area contributed by atoms with Gasteiger partial charge in [-0.2, -0.15) is 10.4 Å². The molecule has 0 fully saturated rings. The fraction of sp³-hybridized carbons (Fsp3) is 0.0606. The number of anilines is 1.